The van der Waals surface area contributed by atoms with Crippen molar-refractivity contribution in [1.29, 1.82) is 0 Å². The first-order valence-corrected chi connectivity index (χ1v) is 7.05. The summed E-state index contributed by atoms with van der Waals surface area (Å²) in [6, 6.07) is 8.26. The third-order valence-electron chi connectivity index (χ3n) is 3.23. The quantitative estimate of drug-likeness (QED) is 0.724. The highest BCUT2D eigenvalue weighted by Gasteiger charge is 2.44. The van der Waals surface area contributed by atoms with Gasteiger partial charge in [0.25, 0.3) is 0 Å². The number of alkyl halides is 7. The van der Waals surface area contributed by atoms with Crippen molar-refractivity contribution in [2.75, 3.05) is 0 Å². The number of nitrogens with two attached hydrogens (primary N) is 1. The lowest BCUT2D eigenvalue weighted by molar-refractivity contribution is -0.274. The second-order valence-electron chi connectivity index (χ2n) is 5.10. The molecule has 0 aliphatic rings. The summed E-state index contributed by atoms with van der Waals surface area (Å²) in [5.74, 6) is -1.07. The Hall–Kier alpha value is -2.49. The third-order valence-corrected chi connectivity index (χ3v) is 3.23. The Bertz CT molecular complexity index is 732. The molecule has 0 fully saturated rings. The predicted molar refractivity (Wildman–Crippen MR) is 77.2 cm³/mol. The van der Waals surface area contributed by atoms with Crippen LogP contribution in [-0.4, -0.2) is 18.9 Å². The first-order valence-electron chi connectivity index (χ1n) is 7.05. The van der Waals surface area contributed by atoms with E-state index in [0.717, 1.165) is 18.2 Å². The van der Waals surface area contributed by atoms with Crippen molar-refractivity contribution in [1.82, 2.24) is 0 Å². The van der Waals surface area contributed by atoms with E-state index in [1.165, 1.54) is 30.3 Å². The van der Waals surface area contributed by atoms with Crippen molar-refractivity contribution in [3.05, 3.63) is 59.7 Å². The van der Waals surface area contributed by atoms with Crippen LogP contribution in [0.25, 0.3) is 0 Å². The fourth-order valence-corrected chi connectivity index (χ4v) is 2.08. The van der Waals surface area contributed by atoms with Gasteiger partial charge in [-0.2, -0.15) is 17.6 Å². The van der Waals surface area contributed by atoms with Crippen LogP contribution in [0.15, 0.2) is 48.5 Å². The number of para-hydroxylation sites is 1. The maximum atomic E-state index is 13.2. The molecular weight excluding hydrogens is 371 g/mol. The average Bonchev–Trinajstić information content (AvgIpc) is 2.53. The molecule has 2 aromatic carbocycles. The summed E-state index contributed by atoms with van der Waals surface area (Å²) in [4.78, 5) is 0. The van der Waals surface area contributed by atoms with Gasteiger partial charge in [0.05, 0.1) is 6.04 Å². The molecule has 0 aliphatic carbocycles. The molecule has 0 aliphatic heterocycles. The molecule has 0 bridgehead atoms. The number of benzene rings is 2. The molecule has 10 heteroatoms. The average molecular weight is 383 g/mol. The Kier molecular flexibility index (Phi) is 5.65. The Morgan fingerprint density at radius 1 is 0.808 bits per heavy atom. The number of ether oxygens (including phenoxy) is 2. The monoisotopic (exact) mass is 383 g/mol. The van der Waals surface area contributed by atoms with E-state index in [1.54, 1.807) is 0 Å². The number of hydrogen-bond acceptors (Lipinski definition) is 3. The third kappa shape index (κ3) is 5.01. The van der Waals surface area contributed by atoms with Crippen LogP contribution in [0.5, 0.6) is 11.5 Å². The van der Waals surface area contributed by atoms with E-state index in [0.29, 0.717) is 0 Å². The van der Waals surface area contributed by atoms with E-state index >= 15 is 0 Å². The first kappa shape index (κ1) is 19.8. The molecule has 2 rings (SSSR count). The zero-order valence-corrected chi connectivity index (χ0v) is 12.8. The maximum absolute atomic E-state index is 13.2. The topological polar surface area (TPSA) is 44.5 Å². The minimum atomic E-state index is -4.87. The van der Waals surface area contributed by atoms with Crippen molar-refractivity contribution in [3.63, 3.8) is 0 Å². The van der Waals surface area contributed by atoms with Gasteiger partial charge in [-0.05, 0) is 23.8 Å². The van der Waals surface area contributed by atoms with Gasteiger partial charge in [0.15, 0.2) is 0 Å². The van der Waals surface area contributed by atoms with Gasteiger partial charge in [0.1, 0.15) is 11.5 Å². The van der Waals surface area contributed by atoms with Crippen LogP contribution < -0.4 is 15.2 Å². The lowest BCUT2D eigenvalue weighted by atomic mass is 9.98. The Morgan fingerprint density at radius 2 is 1.38 bits per heavy atom. The Morgan fingerprint density at radius 3 is 1.92 bits per heavy atom. The second kappa shape index (κ2) is 7.40. The van der Waals surface area contributed by atoms with Crippen LogP contribution >= 0.6 is 0 Å². The van der Waals surface area contributed by atoms with Gasteiger partial charge < -0.3 is 15.2 Å². The van der Waals surface area contributed by atoms with Crippen LogP contribution in [0, 0.1) is 0 Å². The molecule has 26 heavy (non-hydrogen) atoms. The molecule has 0 amide bonds. The van der Waals surface area contributed by atoms with Gasteiger partial charge >= 0.3 is 18.9 Å². The van der Waals surface area contributed by atoms with Gasteiger partial charge in [-0.1, -0.05) is 30.3 Å². The number of hydrogen-bond donors (Lipinski definition) is 1. The molecular formula is C16H12F7NO2. The highest BCUT2D eigenvalue weighted by Crippen LogP contribution is 2.34. The molecule has 0 saturated heterocycles. The molecule has 0 saturated carbocycles. The van der Waals surface area contributed by atoms with Gasteiger partial charge in [-0.15, -0.1) is 13.2 Å². The molecule has 3 nitrogen and oxygen atoms in total. The highest BCUT2D eigenvalue weighted by atomic mass is 19.4. The molecule has 0 spiro atoms. The smallest absolute Gasteiger partial charge is 0.428 e. The van der Waals surface area contributed by atoms with Crippen LogP contribution in [0.1, 0.15) is 17.2 Å². The molecule has 0 aromatic heterocycles. The largest absolute Gasteiger partial charge is 0.573 e. The molecule has 0 radical (unpaired) electrons. The normalized spacial score (nSPS) is 13.6. The predicted octanol–water partition coefficient (Wildman–Crippen LogP) is 4.87. The van der Waals surface area contributed by atoms with Crippen molar-refractivity contribution in [2.24, 2.45) is 5.73 Å². The molecule has 0 heterocycles. The van der Waals surface area contributed by atoms with Crippen LogP contribution in [0.3, 0.4) is 0 Å². The number of halogens is 7. The highest BCUT2D eigenvalue weighted by molar-refractivity contribution is 5.42. The van der Waals surface area contributed by atoms with E-state index in [-0.39, 0.29) is 11.1 Å². The van der Waals surface area contributed by atoms with Gasteiger partial charge in [0.2, 0.25) is 0 Å². The van der Waals surface area contributed by atoms with Gasteiger partial charge in [-0.25, -0.2) is 0 Å². The van der Waals surface area contributed by atoms with Crippen LogP contribution in [0.4, 0.5) is 30.7 Å². The maximum Gasteiger partial charge on any atom is 0.573 e. The lowest BCUT2D eigenvalue weighted by Gasteiger charge is -2.22. The lowest BCUT2D eigenvalue weighted by Crippen LogP contribution is -2.34. The van der Waals surface area contributed by atoms with E-state index in [4.69, 9.17) is 5.73 Å². The molecule has 1 atom stereocenters. The van der Waals surface area contributed by atoms with E-state index < -0.39 is 36.4 Å². The van der Waals surface area contributed by atoms with Gasteiger partial charge in [-0.3, -0.25) is 0 Å². The van der Waals surface area contributed by atoms with Crippen molar-refractivity contribution in [2.45, 2.75) is 24.9 Å². The Labute approximate surface area is 143 Å². The molecule has 0 unspecified atom stereocenters. The minimum absolute atomic E-state index is 0.0442. The first-order chi connectivity index (χ1) is 12.0. The summed E-state index contributed by atoms with van der Waals surface area (Å²) in [5.41, 5.74) is 6.10. The fraction of sp³-hybridized carbons (Fsp3) is 0.250. The summed E-state index contributed by atoms with van der Waals surface area (Å²) in [6.07, 6.45) is -13.6. The minimum Gasteiger partial charge on any atom is -0.428 e. The van der Waals surface area contributed by atoms with Crippen LogP contribution in [-0.2, 0) is 0 Å². The SMILES string of the molecule is N[C@H](c1ccc(OC(F)(F)F)cc1)c1ccccc1OC(F)(F)C(F)F. The summed E-state index contributed by atoms with van der Waals surface area (Å²) in [5, 5.41) is 0. The summed E-state index contributed by atoms with van der Waals surface area (Å²) in [6.45, 7) is 0. The summed E-state index contributed by atoms with van der Waals surface area (Å²) < 4.78 is 95.2. The molecule has 142 valence electrons. The Balaban J connectivity index is 2.26. The summed E-state index contributed by atoms with van der Waals surface area (Å²) in [7, 11) is 0. The molecule has 2 aromatic rings. The van der Waals surface area contributed by atoms with E-state index in [2.05, 4.69) is 9.47 Å². The zero-order chi connectivity index (χ0) is 19.5. The molecule has 2 N–H and O–H groups in total. The van der Waals surface area contributed by atoms with E-state index in [1.807, 2.05) is 0 Å². The van der Waals surface area contributed by atoms with E-state index in [9.17, 15) is 30.7 Å². The van der Waals surface area contributed by atoms with Crippen molar-refractivity contribution in [3.8, 4) is 11.5 Å². The number of rotatable bonds is 6. The second-order valence-corrected chi connectivity index (χ2v) is 5.10. The summed E-state index contributed by atoms with van der Waals surface area (Å²) >= 11 is 0. The van der Waals surface area contributed by atoms with Crippen molar-refractivity contribution >= 4 is 0 Å². The van der Waals surface area contributed by atoms with Gasteiger partial charge in [0, 0.05) is 5.56 Å². The standard InChI is InChI=1S/C16H12F7NO2/c17-14(18)15(19,20)26-12-4-2-1-3-11(12)13(24)9-5-7-10(8-6-9)25-16(21,22)23/h1-8,13-14H,24H2/t13-/m1/s1. The zero-order valence-electron chi connectivity index (χ0n) is 12.8. The van der Waals surface area contributed by atoms with Crippen molar-refractivity contribution < 1.29 is 40.2 Å². The fourth-order valence-electron chi connectivity index (χ4n) is 2.08. The van der Waals surface area contributed by atoms with Crippen LogP contribution in [0.2, 0.25) is 0 Å².